The van der Waals surface area contributed by atoms with E-state index < -0.39 is 0 Å². The molecule has 2 aromatic rings. The third kappa shape index (κ3) is 6.12. The second kappa shape index (κ2) is 10.1. The summed E-state index contributed by atoms with van der Waals surface area (Å²) in [5, 5.41) is 6.72. The molecule has 2 N–H and O–H groups in total. The number of benzene rings is 2. The molecule has 0 heterocycles. The van der Waals surface area contributed by atoms with Crippen molar-refractivity contribution in [2.24, 2.45) is 5.10 Å². The van der Waals surface area contributed by atoms with Crippen LogP contribution in [0.15, 0.2) is 41.5 Å². The van der Waals surface area contributed by atoms with Crippen molar-refractivity contribution in [1.29, 1.82) is 0 Å². The monoisotopic (exact) mass is 383 g/mol. The van der Waals surface area contributed by atoms with Gasteiger partial charge >= 0.3 is 0 Å². The van der Waals surface area contributed by atoms with Gasteiger partial charge < -0.3 is 14.8 Å². The van der Waals surface area contributed by atoms with Gasteiger partial charge in [-0.3, -0.25) is 9.59 Å². The number of amides is 2. The minimum Gasteiger partial charge on any atom is -0.493 e. The number of hydrazone groups is 1. The van der Waals surface area contributed by atoms with Crippen LogP contribution in [0.3, 0.4) is 0 Å². The zero-order valence-electron chi connectivity index (χ0n) is 16.5. The fourth-order valence-electron chi connectivity index (χ4n) is 2.56. The molecule has 0 fully saturated rings. The minimum atomic E-state index is -0.340. The summed E-state index contributed by atoms with van der Waals surface area (Å²) in [5.74, 6) is 0.623. The maximum atomic E-state index is 12.0. The van der Waals surface area contributed by atoms with Crippen molar-refractivity contribution in [3.05, 3.63) is 53.1 Å². The largest absolute Gasteiger partial charge is 0.493 e. The van der Waals surface area contributed by atoms with Crippen LogP contribution < -0.4 is 20.2 Å². The fraction of sp³-hybridized carbons (Fsp3) is 0.286. The molecule has 2 amide bonds. The third-order valence-electron chi connectivity index (χ3n) is 4.05. The number of nitrogens with zero attached hydrogens (tertiary/aromatic N) is 1. The Balaban J connectivity index is 1.80. The Morgan fingerprint density at radius 1 is 0.964 bits per heavy atom. The molecule has 0 aliphatic heterocycles. The third-order valence-corrected chi connectivity index (χ3v) is 4.05. The summed E-state index contributed by atoms with van der Waals surface area (Å²) >= 11 is 0. The summed E-state index contributed by atoms with van der Waals surface area (Å²) in [4.78, 5) is 23.9. The van der Waals surface area contributed by atoms with Gasteiger partial charge in [-0.15, -0.1) is 0 Å². The summed E-state index contributed by atoms with van der Waals surface area (Å²) in [5.41, 5.74) is 6.02. The molecule has 0 spiro atoms. The first kappa shape index (κ1) is 21.0. The molecule has 0 atom stereocenters. The number of carbonyl (C=O) groups is 2. The summed E-state index contributed by atoms with van der Waals surface area (Å²) < 4.78 is 10.4. The summed E-state index contributed by atoms with van der Waals surface area (Å²) in [6.45, 7) is 3.92. The molecule has 0 aliphatic carbocycles. The van der Waals surface area contributed by atoms with Gasteiger partial charge in [0, 0.05) is 18.5 Å². The Morgan fingerprint density at radius 2 is 1.68 bits per heavy atom. The molecule has 28 heavy (non-hydrogen) atoms. The van der Waals surface area contributed by atoms with Gasteiger partial charge in [-0.2, -0.15) is 5.10 Å². The standard InChI is InChI=1S/C21H25N3O4/c1-14-5-7-17(15(2)11-14)23-20(25)9-10-21(26)24-22-13-16-6-8-18(27-3)19(12-16)28-4/h5-8,11-13H,9-10H2,1-4H3,(H,23,25)(H,24,26)/b22-13+. The van der Waals surface area contributed by atoms with E-state index in [1.807, 2.05) is 32.0 Å². The topological polar surface area (TPSA) is 89.0 Å². The predicted molar refractivity (Wildman–Crippen MR) is 109 cm³/mol. The molecule has 0 unspecified atom stereocenters. The van der Waals surface area contributed by atoms with Gasteiger partial charge in [-0.05, 0) is 49.2 Å². The van der Waals surface area contributed by atoms with Gasteiger partial charge in [0.1, 0.15) is 0 Å². The van der Waals surface area contributed by atoms with Crippen LogP contribution in [0.2, 0.25) is 0 Å². The Hall–Kier alpha value is -3.35. The molecular formula is C21H25N3O4. The molecule has 0 saturated carbocycles. The van der Waals surface area contributed by atoms with E-state index in [2.05, 4.69) is 15.8 Å². The van der Waals surface area contributed by atoms with Crippen LogP contribution in [0.5, 0.6) is 11.5 Å². The van der Waals surface area contributed by atoms with E-state index in [-0.39, 0.29) is 24.7 Å². The highest BCUT2D eigenvalue weighted by Gasteiger charge is 2.08. The number of hydrogen-bond acceptors (Lipinski definition) is 5. The van der Waals surface area contributed by atoms with Crippen molar-refractivity contribution < 1.29 is 19.1 Å². The van der Waals surface area contributed by atoms with Gasteiger partial charge in [-0.25, -0.2) is 5.43 Å². The van der Waals surface area contributed by atoms with Gasteiger partial charge in [-0.1, -0.05) is 17.7 Å². The van der Waals surface area contributed by atoms with Crippen LogP contribution in [0.25, 0.3) is 0 Å². The fourth-order valence-corrected chi connectivity index (χ4v) is 2.56. The van der Waals surface area contributed by atoms with E-state index in [0.29, 0.717) is 11.5 Å². The van der Waals surface area contributed by atoms with Crippen LogP contribution >= 0.6 is 0 Å². The molecule has 0 bridgehead atoms. The molecule has 148 valence electrons. The van der Waals surface area contributed by atoms with Crippen molar-refractivity contribution >= 4 is 23.7 Å². The lowest BCUT2D eigenvalue weighted by atomic mass is 10.1. The first-order chi connectivity index (χ1) is 13.4. The van der Waals surface area contributed by atoms with E-state index in [1.54, 1.807) is 32.4 Å². The molecular weight excluding hydrogens is 358 g/mol. The van der Waals surface area contributed by atoms with Crippen LogP contribution in [-0.2, 0) is 9.59 Å². The number of ether oxygens (including phenoxy) is 2. The van der Waals surface area contributed by atoms with E-state index >= 15 is 0 Å². The first-order valence-electron chi connectivity index (χ1n) is 8.84. The average molecular weight is 383 g/mol. The predicted octanol–water partition coefficient (Wildman–Crippen LogP) is 3.19. The number of methoxy groups -OCH3 is 2. The van der Waals surface area contributed by atoms with Gasteiger partial charge in [0.15, 0.2) is 11.5 Å². The van der Waals surface area contributed by atoms with Crippen molar-refractivity contribution in [3.8, 4) is 11.5 Å². The van der Waals surface area contributed by atoms with Gasteiger partial charge in [0.05, 0.1) is 20.4 Å². The quantitative estimate of drug-likeness (QED) is 0.541. The Bertz CT molecular complexity index is 878. The van der Waals surface area contributed by atoms with E-state index in [9.17, 15) is 9.59 Å². The second-order valence-electron chi connectivity index (χ2n) is 6.27. The molecule has 0 saturated heterocycles. The molecule has 0 aliphatic rings. The average Bonchev–Trinajstić information content (AvgIpc) is 2.68. The van der Waals surface area contributed by atoms with Crippen LogP contribution in [0.4, 0.5) is 5.69 Å². The Labute approximate surface area is 164 Å². The van der Waals surface area contributed by atoms with E-state index in [4.69, 9.17) is 9.47 Å². The zero-order valence-corrected chi connectivity index (χ0v) is 16.5. The molecule has 7 heteroatoms. The van der Waals surface area contributed by atoms with Gasteiger partial charge in [0.25, 0.3) is 0 Å². The number of rotatable bonds is 8. The number of nitrogens with one attached hydrogen (secondary N) is 2. The number of hydrogen-bond donors (Lipinski definition) is 2. The second-order valence-corrected chi connectivity index (χ2v) is 6.27. The molecule has 2 rings (SSSR count). The van der Waals surface area contributed by atoms with Crippen LogP contribution in [-0.4, -0.2) is 32.2 Å². The summed E-state index contributed by atoms with van der Waals surface area (Å²) in [6.07, 6.45) is 1.61. The molecule has 2 aromatic carbocycles. The number of aryl methyl sites for hydroxylation is 2. The highest BCUT2D eigenvalue weighted by Crippen LogP contribution is 2.26. The van der Waals surface area contributed by atoms with Crippen molar-refractivity contribution in [2.45, 2.75) is 26.7 Å². The maximum Gasteiger partial charge on any atom is 0.240 e. The molecule has 0 radical (unpaired) electrons. The van der Waals surface area contributed by atoms with Crippen molar-refractivity contribution in [2.75, 3.05) is 19.5 Å². The maximum absolute atomic E-state index is 12.0. The van der Waals surface area contributed by atoms with E-state index in [0.717, 1.165) is 22.4 Å². The van der Waals surface area contributed by atoms with Crippen molar-refractivity contribution in [1.82, 2.24) is 5.43 Å². The highest BCUT2D eigenvalue weighted by atomic mass is 16.5. The smallest absolute Gasteiger partial charge is 0.240 e. The van der Waals surface area contributed by atoms with E-state index in [1.165, 1.54) is 6.21 Å². The molecule has 0 aromatic heterocycles. The lowest BCUT2D eigenvalue weighted by Crippen LogP contribution is -2.20. The minimum absolute atomic E-state index is 0.0417. The SMILES string of the molecule is COc1ccc(/C=N/NC(=O)CCC(=O)Nc2ccc(C)cc2C)cc1OC. The van der Waals surface area contributed by atoms with Gasteiger partial charge in [0.2, 0.25) is 11.8 Å². The normalized spacial score (nSPS) is 10.6. The summed E-state index contributed by atoms with van der Waals surface area (Å²) in [7, 11) is 3.10. The van der Waals surface area contributed by atoms with Crippen molar-refractivity contribution in [3.63, 3.8) is 0 Å². The Morgan fingerprint density at radius 3 is 2.36 bits per heavy atom. The lowest BCUT2D eigenvalue weighted by molar-refractivity contribution is -0.124. The summed E-state index contributed by atoms with van der Waals surface area (Å²) in [6, 6.07) is 11.1. The Kier molecular flexibility index (Phi) is 7.56. The lowest BCUT2D eigenvalue weighted by Gasteiger charge is -2.09. The first-order valence-corrected chi connectivity index (χ1v) is 8.84. The van der Waals surface area contributed by atoms with Crippen LogP contribution in [0.1, 0.15) is 29.5 Å². The number of carbonyl (C=O) groups excluding carboxylic acids is 2. The molecule has 7 nitrogen and oxygen atoms in total. The zero-order chi connectivity index (χ0) is 20.5. The highest BCUT2D eigenvalue weighted by molar-refractivity contribution is 5.94. The number of anilines is 1. The van der Waals surface area contributed by atoms with Crippen LogP contribution in [0, 0.1) is 13.8 Å².